The van der Waals surface area contributed by atoms with Gasteiger partial charge in [-0.05, 0) is 42.5 Å². The van der Waals surface area contributed by atoms with E-state index in [2.05, 4.69) is 27.0 Å². The number of methoxy groups -OCH3 is 1. The molecule has 2 aromatic heterocycles. The summed E-state index contributed by atoms with van der Waals surface area (Å²) in [5.74, 6) is 1.34. The van der Waals surface area contributed by atoms with Crippen molar-refractivity contribution in [2.45, 2.75) is 0 Å². The molecule has 0 saturated carbocycles. The van der Waals surface area contributed by atoms with Crippen molar-refractivity contribution in [1.82, 2.24) is 19.4 Å². The number of hydrogen-bond donors (Lipinski definition) is 0. The first-order valence-corrected chi connectivity index (χ1v) is 10.3. The zero-order valence-corrected chi connectivity index (χ0v) is 17.3. The number of fused-ring (bicyclic) bond motifs is 1. The van der Waals surface area contributed by atoms with E-state index < -0.39 is 0 Å². The Kier molecular flexibility index (Phi) is 5.00. The third-order valence-electron chi connectivity index (χ3n) is 5.69. The highest BCUT2D eigenvalue weighted by Crippen LogP contribution is 2.25. The molecule has 1 amide bonds. The second-order valence-corrected chi connectivity index (χ2v) is 7.45. The molecule has 0 bridgehead atoms. The average Bonchev–Trinajstić information content (AvgIpc) is 3.24. The molecule has 0 radical (unpaired) electrons. The van der Waals surface area contributed by atoms with Gasteiger partial charge in [-0.15, -0.1) is 0 Å². The van der Waals surface area contributed by atoms with Crippen LogP contribution in [0.2, 0.25) is 0 Å². The average molecular weight is 413 g/mol. The van der Waals surface area contributed by atoms with Crippen molar-refractivity contribution >= 4 is 22.5 Å². The van der Waals surface area contributed by atoms with Crippen molar-refractivity contribution in [3.63, 3.8) is 0 Å². The molecular weight excluding hydrogens is 390 g/mol. The molecule has 0 spiro atoms. The minimum Gasteiger partial charge on any atom is -0.497 e. The predicted molar refractivity (Wildman–Crippen MR) is 120 cm³/mol. The van der Waals surface area contributed by atoms with Gasteiger partial charge in [0.05, 0.1) is 12.6 Å². The van der Waals surface area contributed by atoms with Crippen LogP contribution in [0.1, 0.15) is 10.5 Å². The van der Waals surface area contributed by atoms with Crippen LogP contribution in [0.3, 0.4) is 0 Å². The summed E-state index contributed by atoms with van der Waals surface area (Å²) in [5.41, 5.74) is 2.65. The van der Waals surface area contributed by atoms with Gasteiger partial charge >= 0.3 is 0 Å². The molecular formula is C24H23N5O2. The number of carbonyl (C=O) groups is 1. The first-order valence-electron chi connectivity index (χ1n) is 10.3. The lowest BCUT2D eigenvalue weighted by molar-refractivity contribution is 0.0739. The fraction of sp³-hybridized carbons (Fsp3) is 0.208. The second-order valence-electron chi connectivity index (χ2n) is 7.45. The van der Waals surface area contributed by atoms with Gasteiger partial charge < -0.3 is 14.5 Å². The van der Waals surface area contributed by atoms with Gasteiger partial charge in [0.15, 0.2) is 0 Å². The summed E-state index contributed by atoms with van der Waals surface area (Å²) in [6.45, 7) is 2.87. The Morgan fingerprint density at radius 3 is 2.32 bits per heavy atom. The van der Waals surface area contributed by atoms with Gasteiger partial charge in [-0.1, -0.05) is 18.2 Å². The van der Waals surface area contributed by atoms with Gasteiger partial charge in [0, 0.05) is 49.6 Å². The Morgan fingerprint density at radius 2 is 1.61 bits per heavy atom. The van der Waals surface area contributed by atoms with E-state index in [9.17, 15) is 4.79 Å². The minimum absolute atomic E-state index is 0.00182. The topological polar surface area (TPSA) is 63.5 Å². The van der Waals surface area contributed by atoms with Crippen LogP contribution in [-0.4, -0.2) is 58.6 Å². The van der Waals surface area contributed by atoms with Gasteiger partial charge in [-0.2, -0.15) is 0 Å². The molecule has 0 atom stereocenters. The number of aromatic nitrogens is 3. The van der Waals surface area contributed by atoms with E-state index in [4.69, 9.17) is 4.74 Å². The number of piperazine rings is 1. The highest BCUT2D eigenvalue weighted by molar-refractivity contribution is 5.99. The van der Waals surface area contributed by atoms with Crippen LogP contribution in [0.25, 0.3) is 16.9 Å². The van der Waals surface area contributed by atoms with E-state index in [1.165, 1.54) is 0 Å². The summed E-state index contributed by atoms with van der Waals surface area (Å²) in [7, 11) is 1.67. The molecule has 1 fully saturated rings. The number of anilines is 1. The Hall–Kier alpha value is -3.87. The lowest BCUT2D eigenvalue weighted by atomic mass is 10.2. The summed E-state index contributed by atoms with van der Waals surface area (Å²) in [6.07, 6.45) is 3.39. The molecule has 7 nitrogen and oxygen atoms in total. The van der Waals surface area contributed by atoms with Crippen molar-refractivity contribution in [1.29, 1.82) is 0 Å². The molecule has 0 N–H and O–H groups in total. The van der Waals surface area contributed by atoms with Crippen molar-refractivity contribution < 1.29 is 9.53 Å². The Bertz CT molecular complexity index is 1200. The lowest BCUT2D eigenvalue weighted by Crippen LogP contribution is -2.49. The van der Waals surface area contributed by atoms with E-state index >= 15 is 0 Å². The monoisotopic (exact) mass is 413 g/mol. The number of amides is 1. The third-order valence-corrected chi connectivity index (χ3v) is 5.69. The van der Waals surface area contributed by atoms with Gasteiger partial charge in [0.2, 0.25) is 5.95 Å². The first kappa shape index (κ1) is 19.1. The zero-order valence-electron chi connectivity index (χ0n) is 17.3. The van der Waals surface area contributed by atoms with Crippen LogP contribution < -0.4 is 9.64 Å². The summed E-state index contributed by atoms with van der Waals surface area (Å²) in [5, 5.41) is 0.996. The fourth-order valence-electron chi connectivity index (χ4n) is 4.06. The van der Waals surface area contributed by atoms with Gasteiger partial charge in [0.25, 0.3) is 5.91 Å². The minimum atomic E-state index is -0.00182. The normalized spacial score (nSPS) is 14.1. The molecule has 4 aromatic rings. The van der Waals surface area contributed by atoms with Crippen molar-refractivity contribution in [2.24, 2.45) is 0 Å². The maximum absolute atomic E-state index is 13.5. The van der Waals surface area contributed by atoms with Crippen molar-refractivity contribution in [3.8, 4) is 11.7 Å². The van der Waals surface area contributed by atoms with Crippen LogP contribution >= 0.6 is 0 Å². The third kappa shape index (κ3) is 3.59. The first-order chi connectivity index (χ1) is 15.2. The Balaban J connectivity index is 1.40. The highest BCUT2D eigenvalue weighted by atomic mass is 16.5. The molecule has 1 saturated heterocycles. The number of ether oxygens (including phenoxy) is 1. The van der Waals surface area contributed by atoms with E-state index in [0.29, 0.717) is 24.7 Å². The summed E-state index contributed by atoms with van der Waals surface area (Å²) in [4.78, 5) is 26.5. The van der Waals surface area contributed by atoms with Crippen LogP contribution in [-0.2, 0) is 0 Å². The van der Waals surface area contributed by atoms with Crippen molar-refractivity contribution in [2.75, 3.05) is 38.2 Å². The Morgan fingerprint density at radius 1 is 0.903 bits per heavy atom. The Labute approximate surface area is 180 Å². The predicted octanol–water partition coefficient (Wildman–Crippen LogP) is 3.39. The lowest BCUT2D eigenvalue weighted by Gasteiger charge is -2.36. The van der Waals surface area contributed by atoms with Crippen LogP contribution in [0.5, 0.6) is 5.75 Å². The van der Waals surface area contributed by atoms with Gasteiger partial charge in [0.1, 0.15) is 11.4 Å². The van der Waals surface area contributed by atoms with Crippen molar-refractivity contribution in [3.05, 3.63) is 78.8 Å². The molecule has 7 heteroatoms. The maximum atomic E-state index is 13.5. The smallest absolute Gasteiger partial charge is 0.271 e. The molecule has 1 aliphatic heterocycles. The van der Waals surface area contributed by atoms with Gasteiger partial charge in [-0.25, -0.2) is 9.97 Å². The molecule has 31 heavy (non-hydrogen) atoms. The molecule has 2 aromatic carbocycles. The SMILES string of the molecule is COc1ccc(N2CCN(C(=O)c3cc4ccccc4n3-c3ncccn3)CC2)cc1. The number of para-hydroxylation sites is 1. The molecule has 156 valence electrons. The number of rotatable bonds is 4. The molecule has 0 aliphatic carbocycles. The number of benzene rings is 2. The van der Waals surface area contributed by atoms with E-state index in [1.807, 2.05) is 51.9 Å². The number of carbonyl (C=O) groups excluding carboxylic acids is 1. The zero-order chi connectivity index (χ0) is 21.2. The van der Waals surface area contributed by atoms with E-state index in [0.717, 1.165) is 35.4 Å². The molecule has 0 unspecified atom stereocenters. The van der Waals surface area contributed by atoms with E-state index in [-0.39, 0.29) is 5.91 Å². The molecule has 5 rings (SSSR count). The largest absolute Gasteiger partial charge is 0.497 e. The highest BCUT2D eigenvalue weighted by Gasteiger charge is 2.26. The molecule has 1 aliphatic rings. The number of hydrogen-bond acceptors (Lipinski definition) is 5. The van der Waals surface area contributed by atoms with Crippen LogP contribution in [0.15, 0.2) is 73.1 Å². The standard InChI is InChI=1S/C24H23N5O2/c1-31-20-9-7-19(8-10-20)27-13-15-28(16-14-27)23(30)22-17-18-5-2-3-6-21(18)29(22)24-25-11-4-12-26-24/h2-12,17H,13-16H2,1H3. The summed E-state index contributed by atoms with van der Waals surface area (Å²) in [6, 6.07) is 19.7. The quantitative estimate of drug-likeness (QED) is 0.513. The summed E-state index contributed by atoms with van der Waals surface area (Å²) < 4.78 is 7.10. The van der Waals surface area contributed by atoms with Crippen LogP contribution in [0, 0.1) is 0 Å². The maximum Gasteiger partial charge on any atom is 0.271 e. The van der Waals surface area contributed by atoms with E-state index in [1.54, 1.807) is 25.6 Å². The molecule has 3 heterocycles. The second kappa shape index (κ2) is 8.10. The van der Waals surface area contributed by atoms with Gasteiger partial charge in [-0.3, -0.25) is 9.36 Å². The van der Waals surface area contributed by atoms with Crippen LogP contribution in [0.4, 0.5) is 5.69 Å². The number of nitrogens with zero attached hydrogens (tertiary/aromatic N) is 5. The summed E-state index contributed by atoms with van der Waals surface area (Å²) >= 11 is 0. The fourth-order valence-corrected chi connectivity index (χ4v) is 4.06.